The molecule has 0 atom stereocenters. The van der Waals surface area contributed by atoms with Gasteiger partial charge in [0.05, 0.1) is 36.0 Å². The van der Waals surface area contributed by atoms with Crippen molar-refractivity contribution < 1.29 is 28.7 Å². The quantitative estimate of drug-likeness (QED) is 0.311. The fourth-order valence-electron chi connectivity index (χ4n) is 2.95. The molecule has 0 saturated carbocycles. The Kier molecular flexibility index (Phi) is 6.65. The van der Waals surface area contributed by atoms with Gasteiger partial charge in [-0.05, 0) is 25.1 Å². The molecular formula is C20H19N3O7S. The second kappa shape index (κ2) is 9.39. The Morgan fingerprint density at radius 1 is 1.16 bits per heavy atom. The van der Waals surface area contributed by atoms with Crippen molar-refractivity contribution in [3.63, 3.8) is 0 Å². The number of non-ortho nitro benzene ring substituents is 1. The van der Waals surface area contributed by atoms with Gasteiger partial charge in [0.15, 0.2) is 4.80 Å². The molecule has 3 aromatic rings. The lowest BCUT2D eigenvalue weighted by Crippen LogP contribution is -2.23. The predicted octanol–water partition coefficient (Wildman–Crippen LogP) is 2.93. The molecule has 31 heavy (non-hydrogen) atoms. The number of ether oxygens (including phenoxy) is 3. The van der Waals surface area contributed by atoms with Crippen molar-refractivity contribution in [2.24, 2.45) is 4.99 Å². The van der Waals surface area contributed by atoms with Crippen LogP contribution in [0.2, 0.25) is 0 Å². The van der Waals surface area contributed by atoms with Crippen molar-refractivity contribution >= 4 is 39.1 Å². The molecule has 0 aliphatic heterocycles. The average molecular weight is 445 g/mol. The number of thiazole rings is 1. The first-order valence-electron chi connectivity index (χ1n) is 9.13. The molecule has 0 saturated heterocycles. The molecular weight excluding hydrogens is 426 g/mol. The third kappa shape index (κ3) is 4.56. The molecule has 0 radical (unpaired) electrons. The molecule has 0 aliphatic carbocycles. The molecule has 11 heteroatoms. The summed E-state index contributed by atoms with van der Waals surface area (Å²) in [5.74, 6) is -0.610. The van der Waals surface area contributed by atoms with Crippen molar-refractivity contribution in [3.05, 3.63) is 56.9 Å². The lowest BCUT2D eigenvalue weighted by Gasteiger charge is -2.10. The standard InChI is InChI=1S/C20H19N3O7S/c1-4-30-17(24)11-22-13-9-8-12(23(26)27)10-16(13)31-20(22)21-19(25)18-14(28-2)6-5-7-15(18)29-3/h5-10H,4,11H2,1-3H3. The van der Waals surface area contributed by atoms with Gasteiger partial charge in [0.1, 0.15) is 23.6 Å². The number of benzene rings is 2. The lowest BCUT2D eigenvalue weighted by atomic mass is 10.1. The van der Waals surface area contributed by atoms with E-state index in [1.165, 1.54) is 37.0 Å². The number of aromatic nitrogens is 1. The van der Waals surface area contributed by atoms with Gasteiger partial charge >= 0.3 is 5.97 Å². The van der Waals surface area contributed by atoms with Crippen LogP contribution < -0.4 is 14.3 Å². The van der Waals surface area contributed by atoms with Crippen LogP contribution in [0.3, 0.4) is 0 Å². The van der Waals surface area contributed by atoms with Gasteiger partial charge in [-0.3, -0.25) is 19.7 Å². The van der Waals surface area contributed by atoms with Crippen molar-refractivity contribution in [1.29, 1.82) is 0 Å². The van der Waals surface area contributed by atoms with Crippen LogP contribution in [0.1, 0.15) is 17.3 Å². The molecule has 10 nitrogen and oxygen atoms in total. The summed E-state index contributed by atoms with van der Waals surface area (Å²) in [6, 6.07) is 9.09. The Morgan fingerprint density at radius 2 is 1.84 bits per heavy atom. The molecule has 162 valence electrons. The summed E-state index contributed by atoms with van der Waals surface area (Å²) < 4.78 is 17.5. The van der Waals surface area contributed by atoms with Gasteiger partial charge in [0.2, 0.25) is 0 Å². The smallest absolute Gasteiger partial charge is 0.326 e. The Morgan fingerprint density at radius 3 is 2.42 bits per heavy atom. The monoisotopic (exact) mass is 445 g/mol. The van der Waals surface area contributed by atoms with Gasteiger partial charge in [0.25, 0.3) is 11.6 Å². The molecule has 1 amide bonds. The number of esters is 1. The topological polar surface area (TPSA) is 122 Å². The molecule has 0 spiro atoms. The number of hydrogen-bond donors (Lipinski definition) is 0. The van der Waals surface area contributed by atoms with E-state index in [-0.39, 0.29) is 40.7 Å². The number of amides is 1. The molecule has 0 aliphatic rings. The molecule has 0 bridgehead atoms. The van der Waals surface area contributed by atoms with Crippen molar-refractivity contribution in [3.8, 4) is 11.5 Å². The zero-order valence-corrected chi connectivity index (χ0v) is 17.8. The highest BCUT2D eigenvalue weighted by Crippen LogP contribution is 2.29. The van der Waals surface area contributed by atoms with E-state index in [2.05, 4.69) is 4.99 Å². The highest BCUT2D eigenvalue weighted by atomic mass is 32.1. The van der Waals surface area contributed by atoms with Crippen LogP contribution >= 0.6 is 11.3 Å². The fourth-order valence-corrected chi connectivity index (χ4v) is 4.01. The number of rotatable bonds is 7. The van der Waals surface area contributed by atoms with Crippen LogP contribution in [0.5, 0.6) is 11.5 Å². The summed E-state index contributed by atoms with van der Waals surface area (Å²) in [4.78, 5) is 40.1. The number of hydrogen-bond acceptors (Lipinski definition) is 8. The zero-order valence-electron chi connectivity index (χ0n) is 17.0. The summed E-state index contributed by atoms with van der Waals surface area (Å²) >= 11 is 1.05. The molecule has 2 aromatic carbocycles. The number of nitro benzene ring substituents is 1. The minimum Gasteiger partial charge on any atom is -0.496 e. The second-order valence-corrected chi connectivity index (χ2v) is 7.15. The van der Waals surface area contributed by atoms with Gasteiger partial charge in [-0.15, -0.1) is 0 Å². The fraction of sp³-hybridized carbons (Fsp3) is 0.250. The van der Waals surface area contributed by atoms with E-state index in [4.69, 9.17) is 14.2 Å². The second-order valence-electron chi connectivity index (χ2n) is 6.14. The van der Waals surface area contributed by atoms with E-state index in [0.717, 1.165) is 11.3 Å². The van der Waals surface area contributed by atoms with E-state index in [0.29, 0.717) is 10.2 Å². The van der Waals surface area contributed by atoms with E-state index < -0.39 is 16.8 Å². The highest BCUT2D eigenvalue weighted by Gasteiger charge is 2.20. The molecule has 0 fully saturated rings. The van der Waals surface area contributed by atoms with Gasteiger partial charge in [0, 0.05) is 12.1 Å². The largest absolute Gasteiger partial charge is 0.496 e. The highest BCUT2D eigenvalue weighted by molar-refractivity contribution is 7.16. The SMILES string of the molecule is CCOC(=O)Cn1c(=NC(=O)c2c(OC)cccc2OC)sc2cc([N+](=O)[O-])ccc21. The maximum Gasteiger partial charge on any atom is 0.326 e. The molecule has 0 N–H and O–H groups in total. The summed E-state index contributed by atoms with van der Waals surface area (Å²) in [6.07, 6.45) is 0. The number of nitrogens with zero attached hydrogens (tertiary/aromatic N) is 3. The number of fused-ring (bicyclic) bond motifs is 1. The Bertz CT molecular complexity index is 1210. The van der Waals surface area contributed by atoms with Crippen LogP contribution in [-0.4, -0.2) is 42.2 Å². The number of nitro groups is 1. The van der Waals surface area contributed by atoms with Crippen molar-refractivity contribution in [2.45, 2.75) is 13.5 Å². The van der Waals surface area contributed by atoms with Crippen LogP contribution in [0, 0.1) is 10.1 Å². The number of carbonyl (C=O) groups is 2. The summed E-state index contributed by atoms with van der Waals surface area (Å²) in [5.41, 5.74) is 0.530. The molecule has 1 heterocycles. The van der Waals surface area contributed by atoms with Crippen LogP contribution in [-0.2, 0) is 16.1 Å². The minimum atomic E-state index is -0.645. The Balaban J connectivity index is 2.20. The average Bonchev–Trinajstić information content (AvgIpc) is 3.08. The molecule has 0 unspecified atom stereocenters. The first-order chi connectivity index (χ1) is 14.9. The minimum absolute atomic E-state index is 0.110. The first kappa shape index (κ1) is 22.0. The summed E-state index contributed by atoms with van der Waals surface area (Å²) in [6.45, 7) is 1.66. The lowest BCUT2D eigenvalue weighted by molar-refractivity contribution is -0.384. The van der Waals surface area contributed by atoms with Crippen molar-refractivity contribution in [1.82, 2.24) is 4.57 Å². The first-order valence-corrected chi connectivity index (χ1v) is 9.94. The zero-order chi connectivity index (χ0) is 22.5. The third-order valence-corrected chi connectivity index (χ3v) is 5.35. The van der Waals surface area contributed by atoms with Crippen LogP contribution in [0.4, 0.5) is 5.69 Å². The van der Waals surface area contributed by atoms with Crippen LogP contribution in [0.25, 0.3) is 10.2 Å². The van der Waals surface area contributed by atoms with E-state index in [9.17, 15) is 19.7 Å². The Labute approximate surface area is 180 Å². The van der Waals surface area contributed by atoms with E-state index >= 15 is 0 Å². The number of carbonyl (C=O) groups excluding carboxylic acids is 2. The third-order valence-electron chi connectivity index (χ3n) is 4.31. The van der Waals surface area contributed by atoms with Crippen LogP contribution in [0.15, 0.2) is 41.4 Å². The summed E-state index contributed by atoms with van der Waals surface area (Å²) in [7, 11) is 2.84. The van der Waals surface area contributed by atoms with Crippen molar-refractivity contribution in [2.75, 3.05) is 20.8 Å². The summed E-state index contributed by atoms with van der Waals surface area (Å²) in [5, 5.41) is 11.1. The molecule has 3 rings (SSSR count). The molecule has 1 aromatic heterocycles. The van der Waals surface area contributed by atoms with Gasteiger partial charge < -0.3 is 18.8 Å². The van der Waals surface area contributed by atoms with E-state index in [1.807, 2.05) is 0 Å². The van der Waals surface area contributed by atoms with Gasteiger partial charge in [-0.1, -0.05) is 17.4 Å². The number of methoxy groups -OCH3 is 2. The maximum absolute atomic E-state index is 13.0. The normalized spacial score (nSPS) is 11.4. The van der Waals surface area contributed by atoms with Gasteiger partial charge in [-0.25, -0.2) is 0 Å². The van der Waals surface area contributed by atoms with E-state index in [1.54, 1.807) is 25.1 Å². The van der Waals surface area contributed by atoms with Gasteiger partial charge in [-0.2, -0.15) is 4.99 Å². The Hall–Kier alpha value is -3.73. The predicted molar refractivity (Wildman–Crippen MR) is 113 cm³/mol. The maximum atomic E-state index is 13.0.